The average Bonchev–Trinajstić information content (AvgIpc) is 3.05. The van der Waals surface area contributed by atoms with Crippen molar-refractivity contribution in [1.29, 1.82) is 0 Å². The second-order valence-corrected chi connectivity index (χ2v) is 7.53. The van der Waals surface area contributed by atoms with Crippen molar-refractivity contribution in [2.75, 3.05) is 10.6 Å². The zero-order valence-electron chi connectivity index (χ0n) is 14.6. The quantitative estimate of drug-likeness (QED) is 0.432. The van der Waals surface area contributed by atoms with Gasteiger partial charge in [-0.1, -0.05) is 54.1 Å². The van der Waals surface area contributed by atoms with E-state index in [-0.39, 0.29) is 11.8 Å². The minimum atomic E-state index is -0.271. The third-order valence-electron chi connectivity index (χ3n) is 4.16. The minimum absolute atomic E-state index is 0.215. The predicted octanol–water partition coefficient (Wildman–Crippen LogP) is 6.06. The fraction of sp³-hybridized carbons (Fsp3) is 0. The summed E-state index contributed by atoms with van der Waals surface area (Å²) < 4.78 is 0.781. The van der Waals surface area contributed by atoms with E-state index < -0.39 is 0 Å². The van der Waals surface area contributed by atoms with E-state index in [1.807, 2.05) is 60.7 Å². The van der Waals surface area contributed by atoms with Crippen LogP contribution in [0.1, 0.15) is 20.0 Å². The Morgan fingerprint density at radius 1 is 0.750 bits per heavy atom. The van der Waals surface area contributed by atoms with Gasteiger partial charge in [-0.05, 0) is 36.4 Å². The van der Waals surface area contributed by atoms with Crippen LogP contribution in [0.15, 0.2) is 78.9 Å². The zero-order chi connectivity index (χ0) is 19.5. The van der Waals surface area contributed by atoms with Crippen LogP contribution in [0, 0.1) is 0 Å². The van der Waals surface area contributed by atoms with Crippen molar-refractivity contribution in [3.63, 3.8) is 0 Å². The number of para-hydroxylation sites is 2. The molecule has 0 aliphatic rings. The molecule has 1 aromatic heterocycles. The summed E-state index contributed by atoms with van der Waals surface area (Å²) in [6.07, 6.45) is 0. The molecule has 0 bridgehead atoms. The molecule has 3 aromatic carbocycles. The Bertz CT molecular complexity index is 1160. The van der Waals surface area contributed by atoms with Gasteiger partial charge >= 0.3 is 0 Å². The van der Waals surface area contributed by atoms with Gasteiger partial charge in [-0.25, -0.2) is 0 Å². The normalized spacial score (nSPS) is 10.6. The molecule has 28 heavy (non-hydrogen) atoms. The molecule has 0 aliphatic carbocycles. The van der Waals surface area contributed by atoms with E-state index in [1.54, 1.807) is 18.2 Å². The van der Waals surface area contributed by atoms with Crippen LogP contribution in [-0.4, -0.2) is 11.8 Å². The summed E-state index contributed by atoms with van der Waals surface area (Å²) in [7, 11) is 0. The van der Waals surface area contributed by atoms with Crippen molar-refractivity contribution < 1.29 is 9.59 Å². The van der Waals surface area contributed by atoms with Gasteiger partial charge in [-0.2, -0.15) is 0 Å². The highest BCUT2D eigenvalue weighted by Gasteiger charge is 2.18. The first-order valence-electron chi connectivity index (χ1n) is 8.56. The molecule has 6 heteroatoms. The summed E-state index contributed by atoms with van der Waals surface area (Å²) in [6, 6.07) is 23.7. The number of hydrogen-bond acceptors (Lipinski definition) is 3. The molecule has 138 valence electrons. The number of fused-ring (bicyclic) bond motifs is 1. The summed E-state index contributed by atoms with van der Waals surface area (Å²) >= 11 is 7.69. The van der Waals surface area contributed by atoms with E-state index >= 15 is 0 Å². The summed E-state index contributed by atoms with van der Waals surface area (Å²) in [5, 5.41) is 6.83. The van der Waals surface area contributed by atoms with Crippen LogP contribution in [0.2, 0.25) is 5.02 Å². The molecule has 0 saturated heterocycles. The molecule has 2 N–H and O–H groups in total. The zero-order valence-corrected chi connectivity index (χ0v) is 16.2. The second kappa shape index (κ2) is 7.84. The van der Waals surface area contributed by atoms with Crippen molar-refractivity contribution in [3.05, 3.63) is 94.3 Å². The van der Waals surface area contributed by atoms with E-state index in [9.17, 15) is 9.59 Å². The molecular formula is C22H15ClN2O2S. The van der Waals surface area contributed by atoms with Gasteiger partial charge in [0.05, 0.1) is 5.02 Å². The van der Waals surface area contributed by atoms with Gasteiger partial charge in [-0.3, -0.25) is 9.59 Å². The van der Waals surface area contributed by atoms with E-state index in [1.165, 1.54) is 11.3 Å². The lowest BCUT2D eigenvalue weighted by Gasteiger charge is -2.05. The van der Waals surface area contributed by atoms with E-state index in [0.717, 1.165) is 15.8 Å². The van der Waals surface area contributed by atoms with Crippen LogP contribution in [-0.2, 0) is 0 Å². The number of nitrogens with one attached hydrogen (secondary N) is 2. The first-order chi connectivity index (χ1) is 13.6. The molecule has 0 saturated carbocycles. The third-order valence-corrected chi connectivity index (χ3v) is 5.82. The summed E-state index contributed by atoms with van der Waals surface area (Å²) in [5.74, 6) is -0.486. The maximum absolute atomic E-state index is 12.6. The van der Waals surface area contributed by atoms with Gasteiger partial charge in [0.15, 0.2) is 0 Å². The van der Waals surface area contributed by atoms with Gasteiger partial charge in [0, 0.05) is 27.0 Å². The van der Waals surface area contributed by atoms with Crippen LogP contribution in [0.5, 0.6) is 0 Å². The highest BCUT2D eigenvalue weighted by molar-refractivity contribution is 7.21. The number of hydrogen-bond donors (Lipinski definition) is 2. The summed E-state index contributed by atoms with van der Waals surface area (Å²) in [4.78, 5) is 25.5. The largest absolute Gasteiger partial charge is 0.322 e. The highest BCUT2D eigenvalue weighted by Crippen LogP contribution is 2.36. The number of thiophene rings is 1. The van der Waals surface area contributed by atoms with Crippen LogP contribution in [0.25, 0.3) is 10.1 Å². The Hall–Kier alpha value is -3.15. The fourth-order valence-electron chi connectivity index (χ4n) is 2.79. The molecule has 0 atom stereocenters. The maximum atomic E-state index is 12.6. The molecule has 0 fully saturated rings. The van der Waals surface area contributed by atoms with Crippen molar-refractivity contribution >= 4 is 56.2 Å². The van der Waals surface area contributed by atoms with Crippen molar-refractivity contribution in [1.82, 2.24) is 0 Å². The number of amides is 2. The number of benzene rings is 3. The Kier molecular flexibility index (Phi) is 5.10. The van der Waals surface area contributed by atoms with Crippen molar-refractivity contribution in [2.24, 2.45) is 0 Å². The topological polar surface area (TPSA) is 58.2 Å². The van der Waals surface area contributed by atoms with Gasteiger partial charge in [0.2, 0.25) is 0 Å². The van der Waals surface area contributed by atoms with Crippen LogP contribution >= 0.6 is 22.9 Å². The maximum Gasteiger partial charge on any atom is 0.267 e. The number of carbonyl (C=O) groups excluding carboxylic acids is 2. The van der Waals surface area contributed by atoms with Crippen LogP contribution in [0.3, 0.4) is 0 Å². The number of anilines is 2. The lowest BCUT2D eigenvalue weighted by molar-refractivity contribution is 0.102. The average molecular weight is 407 g/mol. The van der Waals surface area contributed by atoms with E-state index in [4.69, 9.17) is 11.6 Å². The molecule has 2 amide bonds. The molecule has 0 aliphatic heterocycles. The van der Waals surface area contributed by atoms with Gasteiger partial charge in [-0.15, -0.1) is 11.3 Å². The second-order valence-electron chi connectivity index (χ2n) is 6.10. The first-order valence-corrected chi connectivity index (χ1v) is 9.76. The molecule has 0 unspecified atom stereocenters. The third kappa shape index (κ3) is 3.76. The SMILES string of the molecule is O=C(Nc1ccccc1)c1ccc2c(Cl)c(C(=O)Nc3ccccc3)sc2c1. The van der Waals surface area contributed by atoms with Gasteiger partial charge < -0.3 is 10.6 Å². The Morgan fingerprint density at radius 2 is 1.32 bits per heavy atom. The molecule has 4 nitrogen and oxygen atoms in total. The lowest BCUT2D eigenvalue weighted by Crippen LogP contribution is -2.11. The number of halogens is 1. The minimum Gasteiger partial charge on any atom is -0.322 e. The standard InChI is InChI=1S/C22H15ClN2O2S/c23-19-17-12-11-14(21(26)24-15-7-3-1-4-8-15)13-18(17)28-20(19)22(27)25-16-9-5-2-6-10-16/h1-13H,(H,24,26)(H,25,27). The molecular weight excluding hydrogens is 392 g/mol. The van der Waals surface area contributed by atoms with Gasteiger partial charge in [0.1, 0.15) is 4.88 Å². The Labute approximate surface area is 170 Å². The van der Waals surface area contributed by atoms with Crippen LogP contribution < -0.4 is 10.6 Å². The summed E-state index contributed by atoms with van der Waals surface area (Å²) in [6.45, 7) is 0. The molecule has 1 heterocycles. The number of rotatable bonds is 4. The molecule has 4 rings (SSSR count). The summed E-state index contributed by atoms with van der Waals surface area (Å²) in [5.41, 5.74) is 1.92. The molecule has 0 radical (unpaired) electrons. The van der Waals surface area contributed by atoms with E-state index in [2.05, 4.69) is 10.6 Å². The van der Waals surface area contributed by atoms with Crippen molar-refractivity contribution in [2.45, 2.75) is 0 Å². The first kappa shape index (κ1) is 18.2. The highest BCUT2D eigenvalue weighted by atomic mass is 35.5. The molecule has 0 spiro atoms. The Morgan fingerprint density at radius 3 is 1.93 bits per heavy atom. The van der Waals surface area contributed by atoms with E-state index in [0.29, 0.717) is 21.2 Å². The fourth-order valence-corrected chi connectivity index (χ4v) is 4.24. The Balaban J connectivity index is 1.60. The number of carbonyl (C=O) groups is 2. The smallest absolute Gasteiger partial charge is 0.267 e. The van der Waals surface area contributed by atoms with Crippen LogP contribution in [0.4, 0.5) is 11.4 Å². The molecule has 4 aromatic rings. The van der Waals surface area contributed by atoms with Gasteiger partial charge in [0.25, 0.3) is 11.8 Å². The predicted molar refractivity (Wildman–Crippen MR) is 116 cm³/mol. The van der Waals surface area contributed by atoms with Crippen molar-refractivity contribution in [3.8, 4) is 0 Å². The monoisotopic (exact) mass is 406 g/mol. The lowest BCUT2D eigenvalue weighted by atomic mass is 10.1.